The van der Waals surface area contributed by atoms with Gasteiger partial charge in [-0.15, -0.1) is 0 Å². The molecule has 0 spiro atoms. The van der Waals surface area contributed by atoms with Gasteiger partial charge in [0.05, 0.1) is 13.7 Å². The zero-order valence-electron chi connectivity index (χ0n) is 13.6. The van der Waals surface area contributed by atoms with E-state index in [0.29, 0.717) is 23.7 Å². The highest BCUT2D eigenvalue weighted by Gasteiger charge is 2.11. The number of benzene rings is 1. The Labute approximate surface area is 136 Å². The molecule has 124 valence electrons. The van der Waals surface area contributed by atoms with Gasteiger partial charge in [-0.05, 0) is 31.5 Å². The summed E-state index contributed by atoms with van der Waals surface area (Å²) < 4.78 is 10.7. The second-order valence-corrected chi connectivity index (χ2v) is 4.54. The van der Waals surface area contributed by atoms with Crippen LogP contribution in [0.25, 0.3) is 0 Å². The fourth-order valence-corrected chi connectivity index (χ4v) is 1.63. The normalized spacial score (nSPS) is 10.7. The second-order valence-electron chi connectivity index (χ2n) is 4.54. The average molecular weight is 318 g/mol. The van der Waals surface area contributed by atoms with Gasteiger partial charge >= 0.3 is 0 Å². The van der Waals surface area contributed by atoms with E-state index in [1.54, 1.807) is 36.4 Å². The highest BCUT2D eigenvalue weighted by atomic mass is 16.5. The lowest BCUT2D eigenvalue weighted by Crippen LogP contribution is -2.40. The molecule has 1 aromatic rings. The number of hydrazine groups is 1. The number of ether oxygens (including phenoxy) is 2. The predicted octanol–water partition coefficient (Wildman–Crippen LogP) is 2.38. The maximum atomic E-state index is 12.0. The molecule has 0 fully saturated rings. The standard InChI is InChI=1S/C17H22N2O4/c1-4-6-7-8-16(20)18-19-17(21)13-9-10-14(23-11-5-2)15(12-13)22-3/h4,6-10,12H,5,11H2,1-3H3,(H,18,20)(H,19,21)/b6-4+,8-7+. The molecule has 0 bridgehead atoms. The van der Waals surface area contributed by atoms with Crippen LogP contribution < -0.4 is 20.3 Å². The summed E-state index contributed by atoms with van der Waals surface area (Å²) in [7, 11) is 1.50. The maximum Gasteiger partial charge on any atom is 0.269 e. The number of nitrogens with one attached hydrogen (secondary N) is 2. The van der Waals surface area contributed by atoms with E-state index in [2.05, 4.69) is 10.9 Å². The molecule has 0 aromatic heterocycles. The van der Waals surface area contributed by atoms with Gasteiger partial charge in [0.1, 0.15) is 0 Å². The summed E-state index contributed by atoms with van der Waals surface area (Å²) in [6, 6.07) is 4.82. The minimum atomic E-state index is -0.446. The van der Waals surface area contributed by atoms with Crippen molar-refractivity contribution in [3.63, 3.8) is 0 Å². The molecule has 2 N–H and O–H groups in total. The molecule has 0 aliphatic heterocycles. The third-order valence-corrected chi connectivity index (χ3v) is 2.74. The van der Waals surface area contributed by atoms with Crippen molar-refractivity contribution in [1.29, 1.82) is 0 Å². The molecule has 0 atom stereocenters. The first-order valence-corrected chi connectivity index (χ1v) is 7.32. The second kappa shape index (κ2) is 10.0. The van der Waals surface area contributed by atoms with Gasteiger partial charge in [-0.2, -0.15) is 0 Å². The SMILES string of the molecule is C/C=C/C=C/C(=O)NNC(=O)c1ccc(OCCC)c(OC)c1. The van der Waals surface area contributed by atoms with Crippen molar-refractivity contribution in [2.24, 2.45) is 0 Å². The van der Waals surface area contributed by atoms with E-state index in [0.717, 1.165) is 6.42 Å². The summed E-state index contributed by atoms with van der Waals surface area (Å²) in [5.74, 6) is 0.166. The lowest BCUT2D eigenvalue weighted by atomic mass is 10.2. The molecule has 0 saturated carbocycles. The maximum absolute atomic E-state index is 12.0. The van der Waals surface area contributed by atoms with Gasteiger partial charge in [0.15, 0.2) is 11.5 Å². The fourth-order valence-electron chi connectivity index (χ4n) is 1.63. The molecular formula is C17H22N2O4. The van der Waals surface area contributed by atoms with E-state index in [1.165, 1.54) is 13.2 Å². The minimum absolute atomic E-state index is 0.350. The van der Waals surface area contributed by atoms with E-state index in [1.807, 2.05) is 13.8 Å². The number of hydrogen-bond donors (Lipinski definition) is 2. The smallest absolute Gasteiger partial charge is 0.269 e. The summed E-state index contributed by atoms with van der Waals surface area (Å²) >= 11 is 0. The molecule has 0 aliphatic carbocycles. The number of methoxy groups -OCH3 is 1. The van der Waals surface area contributed by atoms with E-state index < -0.39 is 11.8 Å². The molecule has 0 heterocycles. The largest absolute Gasteiger partial charge is 0.493 e. The lowest BCUT2D eigenvalue weighted by Gasteiger charge is -2.11. The van der Waals surface area contributed by atoms with Gasteiger partial charge in [0, 0.05) is 11.6 Å². The zero-order chi connectivity index (χ0) is 17.1. The number of carbonyl (C=O) groups is 2. The molecule has 1 rings (SSSR count). The van der Waals surface area contributed by atoms with Crippen LogP contribution in [0.5, 0.6) is 11.5 Å². The Morgan fingerprint density at radius 3 is 2.61 bits per heavy atom. The monoisotopic (exact) mass is 318 g/mol. The molecule has 23 heavy (non-hydrogen) atoms. The third-order valence-electron chi connectivity index (χ3n) is 2.74. The van der Waals surface area contributed by atoms with Crippen molar-refractivity contribution in [2.75, 3.05) is 13.7 Å². The number of carbonyl (C=O) groups excluding carboxylic acids is 2. The molecular weight excluding hydrogens is 296 g/mol. The Bertz CT molecular complexity index is 594. The van der Waals surface area contributed by atoms with Crippen molar-refractivity contribution in [2.45, 2.75) is 20.3 Å². The number of rotatable bonds is 7. The van der Waals surface area contributed by atoms with Crippen molar-refractivity contribution in [3.05, 3.63) is 48.1 Å². The fraction of sp³-hybridized carbons (Fsp3) is 0.294. The van der Waals surface area contributed by atoms with Crippen LogP contribution in [0.1, 0.15) is 30.6 Å². The molecule has 6 heteroatoms. The Kier molecular flexibility index (Phi) is 7.99. The highest BCUT2D eigenvalue weighted by Crippen LogP contribution is 2.28. The van der Waals surface area contributed by atoms with Crippen molar-refractivity contribution in [1.82, 2.24) is 10.9 Å². The number of amides is 2. The Morgan fingerprint density at radius 1 is 1.17 bits per heavy atom. The van der Waals surface area contributed by atoms with E-state index in [9.17, 15) is 9.59 Å². The van der Waals surface area contributed by atoms with E-state index in [-0.39, 0.29) is 0 Å². The van der Waals surface area contributed by atoms with Gasteiger partial charge in [0.25, 0.3) is 11.8 Å². The van der Waals surface area contributed by atoms with E-state index in [4.69, 9.17) is 9.47 Å². The molecule has 0 saturated heterocycles. The van der Waals surface area contributed by atoms with Crippen LogP contribution >= 0.6 is 0 Å². The summed E-state index contributed by atoms with van der Waals surface area (Å²) in [5, 5.41) is 0. The molecule has 0 unspecified atom stereocenters. The van der Waals surface area contributed by atoms with Gasteiger partial charge in [-0.25, -0.2) is 0 Å². The first-order chi connectivity index (χ1) is 11.1. The van der Waals surface area contributed by atoms with Crippen LogP contribution in [0.4, 0.5) is 0 Å². The highest BCUT2D eigenvalue weighted by molar-refractivity contribution is 5.97. The van der Waals surface area contributed by atoms with E-state index >= 15 is 0 Å². The van der Waals surface area contributed by atoms with Crippen LogP contribution in [0, 0.1) is 0 Å². The minimum Gasteiger partial charge on any atom is -0.493 e. The average Bonchev–Trinajstić information content (AvgIpc) is 2.57. The van der Waals surface area contributed by atoms with Gasteiger partial charge in [-0.1, -0.05) is 25.2 Å². The Hall–Kier alpha value is -2.76. The first-order valence-electron chi connectivity index (χ1n) is 7.32. The van der Waals surface area contributed by atoms with Gasteiger partial charge in [0.2, 0.25) is 0 Å². The number of hydrogen-bond acceptors (Lipinski definition) is 4. The summed E-state index contributed by atoms with van der Waals surface area (Å²) in [5.41, 5.74) is 4.97. The van der Waals surface area contributed by atoms with Gasteiger partial charge in [-0.3, -0.25) is 20.4 Å². The van der Waals surface area contributed by atoms with Crippen LogP contribution in [-0.4, -0.2) is 25.5 Å². The third kappa shape index (κ3) is 6.25. The number of allylic oxidation sites excluding steroid dienone is 3. The molecule has 0 aliphatic rings. The topological polar surface area (TPSA) is 76.7 Å². The first kappa shape index (κ1) is 18.3. The zero-order valence-corrected chi connectivity index (χ0v) is 13.6. The predicted molar refractivity (Wildman–Crippen MR) is 88.3 cm³/mol. The van der Waals surface area contributed by atoms with Crippen LogP contribution in [0.3, 0.4) is 0 Å². The van der Waals surface area contributed by atoms with Crippen LogP contribution in [0.15, 0.2) is 42.5 Å². The summed E-state index contributed by atoms with van der Waals surface area (Å²) in [4.78, 5) is 23.5. The Balaban J connectivity index is 2.67. The quantitative estimate of drug-likeness (QED) is 0.460. The molecule has 6 nitrogen and oxygen atoms in total. The van der Waals surface area contributed by atoms with Crippen molar-refractivity contribution in [3.8, 4) is 11.5 Å². The summed E-state index contributed by atoms with van der Waals surface area (Å²) in [6.45, 7) is 4.41. The Morgan fingerprint density at radius 2 is 1.96 bits per heavy atom. The van der Waals surface area contributed by atoms with Gasteiger partial charge < -0.3 is 9.47 Å². The van der Waals surface area contributed by atoms with Crippen LogP contribution in [-0.2, 0) is 4.79 Å². The molecule has 2 amide bonds. The van der Waals surface area contributed by atoms with Crippen molar-refractivity contribution < 1.29 is 19.1 Å². The molecule has 0 radical (unpaired) electrons. The van der Waals surface area contributed by atoms with Crippen molar-refractivity contribution >= 4 is 11.8 Å². The summed E-state index contributed by atoms with van der Waals surface area (Å²) in [6.07, 6.45) is 7.25. The molecule has 1 aromatic carbocycles. The van der Waals surface area contributed by atoms with Crippen LogP contribution in [0.2, 0.25) is 0 Å². The lowest BCUT2D eigenvalue weighted by molar-refractivity contribution is -0.117.